The molecule has 2 fully saturated rings. The molecule has 1 aliphatic heterocycles. The molecule has 1 saturated carbocycles. The van der Waals surface area contributed by atoms with Gasteiger partial charge in [-0.1, -0.05) is 12.8 Å². The summed E-state index contributed by atoms with van der Waals surface area (Å²) in [5.74, 6) is 2.12. The van der Waals surface area contributed by atoms with Gasteiger partial charge in [-0.25, -0.2) is 19.3 Å². The molecule has 0 radical (unpaired) electrons. The Morgan fingerprint density at radius 1 is 1.19 bits per heavy atom. The van der Waals surface area contributed by atoms with E-state index in [1.807, 2.05) is 18.4 Å². The smallest absolute Gasteiger partial charge is 0.192 e. The number of ether oxygens (including phenoxy) is 1. The lowest BCUT2D eigenvalue weighted by molar-refractivity contribution is 0.122. The maximum absolute atomic E-state index is 14.3. The number of aromatic nitrogens is 3. The number of anilines is 2. The van der Waals surface area contributed by atoms with Gasteiger partial charge in [0.1, 0.15) is 17.8 Å². The second-order valence-electron chi connectivity index (χ2n) is 6.88. The first-order valence-electron chi connectivity index (χ1n) is 9.24. The summed E-state index contributed by atoms with van der Waals surface area (Å²) in [4.78, 5) is 16.1. The lowest BCUT2D eigenvalue weighted by Crippen LogP contribution is -2.37. The highest BCUT2D eigenvalue weighted by molar-refractivity contribution is 7.13. The quantitative estimate of drug-likeness (QED) is 0.881. The minimum Gasteiger partial charge on any atom is -0.378 e. The second-order valence-corrected chi connectivity index (χ2v) is 7.74. The number of halogens is 1. The van der Waals surface area contributed by atoms with E-state index in [9.17, 15) is 4.39 Å². The molecule has 1 saturated heterocycles. The summed E-state index contributed by atoms with van der Waals surface area (Å²) < 4.78 is 19.7. The highest BCUT2D eigenvalue weighted by Gasteiger charge is 2.26. The third-order valence-electron chi connectivity index (χ3n) is 4.87. The van der Waals surface area contributed by atoms with Gasteiger partial charge in [-0.2, -0.15) is 0 Å². The lowest BCUT2D eigenvalue weighted by atomic mass is 9.94. The van der Waals surface area contributed by atoms with E-state index >= 15 is 0 Å². The fourth-order valence-electron chi connectivity index (χ4n) is 3.45. The van der Waals surface area contributed by atoms with Crippen molar-refractivity contribution in [2.24, 2.45) is 0 Å². The van der Waals surface area contributed by atoms with Crippen LogP contribution in [0.3, 0.4) is 0 Å². The number of hydrogen-bond donors (Lipinski definition) is 1. The summed E-state index contributed by atoms with van der Waals surface area (Å²) in [6, 6.07) is 1.75. The Kier molecular flexibility index (Phi) is 5.31. The van der Waals surface area contributed by atoms with Crippen LogP contribution < -0.4 is 10.2 Å². The number of hydrogen-bond acceptors (Lipinski definition) is 7. The molecular formula is C18H24FN5OS. The van der Waals surface area contributed by atoms with Gasteiger partial charge in [0.25, 0.3) is 0 Å². The van der Waals surface area contributed by atoms with Crippen LogP contribution in [0, 0.1) is 6.92 Å². The Labute approximate surface area is 156 Å². The van der Waals surface area contributed by atoms with E-state index in [0.29, 0.717) is 31.3 Å². The zero-order valence-electron chi connectivity index (χ0n) is 14.9. The van der Waals surface area contributed by atoms with Gasteiger partial charge in [0, 0.05) is 30.2 Å². The van der Waals surface area contributed by atoms with Crippen LogP contribution in [0.15, 0.2) is 11.4 Å². The Bertz CT molecular complexity index is 749. The zero-order chi connectivity index (χ0) is 17.9. The fraction of sp³-hybridized carbons (Fsp3) is 0.611. The molecular weight excluding hydrogens is 353 g/mol. The van der Waals surface area contributed by atoms with Crippen LogP contribution in [0.25, 0.3) is 10.8 Å². The van der Waals surface area contributed by atoms with Gasteiger partial charge >= 0.3 is 0 Å². The van der Waals surface area contributed by atoms with Gasteiger partial charge in [-0.3, -0.25) is 0 Å². The van der Waals surface area contributed by atoms with Crippen LogP contribution in [0.2, 0.25) is 0 Å². The van der Waals surface area contributed by atoms with Gasteiger partial charge in [-0.15, -0.1) is 11.3 Å². The molecule has 0 spiro atoms. The molecule has 2 aliphatic rings. The maximum atomic E-state index is 14.3. The van der Waals surface area contributed by atoms with Gasteiger partial charge in [-0.05, 0) is 19.8 Å². The Balaban J connectivity index is 1.65. The minimum atomic E-state index is -0.823. The average molecular weight is 377 g/mol. The molecule has 1 N–H and O–H groups in total. The number of nitrogens with one attached hydrogen (secondary N) is 1. The maximum Gasteiger partial charge on any atom is 0.192 e. The van der Waals surface area contributed by atoms with Crippen molar-refractivity contribution >= 4 is 23.0 Å². The minimum absolute atomic E-state index is 0.179. The number of thiazole rings is 1. The predicted octanol–water partition coefficient (Wildman–Crippen LogP) is 3.44. The largest absolute Gasteiger partial charge is 0.378 e. The van der Waals surface area contributed by atoms with Gasteiger partial charge in [0.2, 0.25) is 0 Å². The van der Waals surface area contributed by atoms with Crippen molar-refractivity contribution in [3.8, 4) is 10.8 Å². The molecule has 0 unspecified atom stereocenters. The highest BCUT2D eigenvalue weighted by atomic mass is 32.1. The molecule has 26 heavy (non-hydrogen) atoms. The van der Waals surface area contributed by atoms with Crippen molar-refractivity contribution in [2.45, 2.75) is 44.8 Å². The summed E-state index contributed by atoms with van der Waals surface area (Å²) in [6.45, 7) is 4.92. The van der Waals surface area contributed by atoms with Crippen LogP contribution in [-0.2, 0) is 4.74 Å². The van der Waals surface area contributed by atoms with Crippen molar-refractivity contribution < 1.29 is 9.13 Å². The molecule has 0 amide bonds. The first kappa shape index (κ1) is 17.6. The third-order valence-corrected chi connectivity index (χ3v) is 5.83. The third kappa shape index (κ3) is 3.96. The molecule has 0 aromatic carbocycles. The van der Waals surface area contributed by atoms with Crippen LogP contribution >= 0.6 is 11.3 Å². The van der Waals surface area contributed by atoms with Gasteiger partial charge < -0.3 is 15.0 Å². The van der Waals surface area contributed by atoms with Crippen LogP contribution in [0.5, 0.6) is 0 Å². The van der Waals surface area contributed by atoms with E-state index in [-0.39, 0.29) is 6.04 Å². The standard InChI is InChI=1S/C18H24FN5OS/c1-12-11-26-18(20-12)17-22-15(21-14-5-3-2-4-13(14)19)10-16(23-17)24-6-8-25-9-7-24/h10-11,13-14H,2-9H2,1H3,(H,21,22,23)/t13-,14-/m1/s1. The molecule has 8 heteroatoms. The first-order chi connectivity index (χ1) is 12.7. The van der Waals surface area contributed by atoms with Gasteiger partial charge in [0.15, 0.2) is 10.8 Å². The zero-order valence-corrected chi connectivity index (χ0v) is 15.8. The van der Waals surface area contributed by atoms with E-state index < -0.39 is 6.17 Å². The van der Waals surface area contributed by atoms with Crippen LogP contribution in [0.1, 0.15) is 31.4 Å². The summed E-state index contributed by atoms with van der Waals surface area (Å²) in [6.07, 6.45) is 2.65. The highest BCUT2D eigenvalue weighted by Crippen LogP contribution is 2.28. The molecule has 2 aromatic rings. The molecule has 140 valence electrons. The second kappa shape index (κ2) is 7.84. The monoisotopic (exact) mass is 377 g/mol. The topological polar surface area (TPSA) is 63.2 Å². The normalized spacial score (nSPS) is 23.8. The lowest BCUT2D eigenvalue weighted by Gasteiger charge is -2.30. The van der Waals surface area contributed by atoms with E-state index in [0.717, 1.165) is 48.9 Å². The molecule has 2 atom stereocenters. The van der Waals surface area contributed by atoms with Crippen molar-refractivity contribution in [3.05, 3.63) is 17.1 Å². The van der Waals surface area contributed by atoms with Crippen LogP contribution in [-0.4, -0.2) is 53.5 Å². The average Bonchev–Trinajstić information content (AvgIpc) is 3.11. The molecule has 1 aliphatic carbocycles. The van der Waals surface area contributed by atoms with Crippen molar-refractivity contribution in [3.63, 3.8) is 0 Å². The van der Waals surface area contributed by atoms with E-state index in [1.54, 1.807) is 0 Å². The number of aryl methyl sites for hydroxylation is 1. The van der Waals surface area contributed by atoms with Crippen molar-refractivity contribution in [1.29, 1.82) is 0 Å². The molecule has 6 nitrogen and oxygen atoms in total. The molecule has 4 rings (SSSR count). The number of nitrogens with zero attached hydrogens (tertiary/aromatic N) is 4. The molecule has 2 aromatic heterocycles. The van der Waals surface area contributed by atoms with E-state index in [4.69, 9.17) is 9.72 Å². The molecule has 0 bridgehead atoms. The summed E-state index contributed by atoms with van der Waals surface area (Å²) >= 11 is 1.53. The fourth-order valence-corrected chi connectivity index (χ4v) is 4.18. The van der Waals surface area contributed by atoms with E-state index in [1.165, 1.54) is 11.3 Å². The summed E-state index contributed by atoms with van der Waals surface area (Å²) in [5, 5.41) is 6.10. The number of alkyl halides is 1. The predicted molar refractivity (Wildman–Crippen MR) is 102 cm³/mol. The summed E-state index contributed by atoms with van der Waals surface area (Å²) in [5.41, 5.74) is 0.955. The van der Waals surface area contributed by atoms with E-state index in [2.05, 4.69) is 20.2 Å². The summed E-state index contributed by atoms with van der Waals surface area (Å²) in [7, 11) is 0. The first-order valence-corrected chi connectivity index (χ1v) is 10.1. The van der Waals surface area contributed by atoms with Crippen LogP contribution in [0.4, 0.5) is 16.0 Å². The SMILES string of the molecule is Cc1csc(-c2nc(N[C@@H]3CCCC[C@H]3F)cc(N3CCOCC3)n2)n1. The Morgan fingerprint density at radius 3 is 2.73 bits per heavy atom. The van der Waals surface area contributed by atoms with Crippen molar-refractivity contribution in [1.82, 2.24) is 15.0 Å². The van der Waals surface area contributed by atoms with Gasteiger partial charge in [0.05, 0.1) is 19.3 Å². The number of rotatable bonds is 4. The Hall–Kier alpha value is -1.80. The Morgan fingerprint density at radius 2 is 2.00 bits per heavy atom. The van der Waals surface area contributed by atoms with Crippen molar-refractivity contribution in [2.75, 3.05) is 36.5 Å². The molecule has 3 heterocycles. The number of morpholine rings is 1.